The molecule has 6 nitrogen and oxygen atoms in total. The second-order valence-electron chi connectivity index (χ2n) is 6.60. The van der Waals surface area contributed by atoms with Crippen LogP contribution in [0.1, 0.15) is 45.1 Å². The third-order valence-electron chi connectivity index (χ3n) is 4.22. The Morgan fingerprint density at radius 1 is 1.25 bits per heavy atom. The van der Waals surface area contributed by atoms with Crippen LogP contribution in [-0.4, -0.2) is 31.6 Å². The summed E-state index contributed by atoms with van der Waals surface area (Å²) >= 11 is 0. The molecule has 0 saturated heterocycles. The highest BCUT2D eigenvalue weighted by Crippen LogP contribution is 2.27. The Bertz CT molecular complexity index is 691. The average Bonchev–Trinajstić information content (AvgIpc) is 2.49. The molecule has 0 radical (unpaired) electrons. The molecule has 2 N–H and O–H groups in total. The van der Waals surface area contributed by atoms with Crippen molar-refractivity contribution in [3.63, 3.8) is 0 Å². The average molecular weight is 355 g/mol. The molecular formula is C17H25NO5S. The minimum atomic E-state index is -3.62. The van der Waals surface area contributed by atoms with Crippen LogP contribution in [-0.2, 0) is 14.8 Å². The van der Waals surface area contributed by atoms with E-state index in [1.807, 2.05) is 20.8 Å². The van der Waals surface area contributed by atoms with Gasteiger partial charge in [0.25, 0.3) is 0 Å². The van der Waals surface area contributed by atoms with Crippen LogP contribution in [0.25, 0.3) is 0 Å². The van der Waals surface area contributed by atoms with Gasteiger partial charge in [-0.05, 0) is 70.2 Å². The minimum Gasteiger partial charge on any atom is -0.491 e. The maximum atomic E-state index is 12.5. The van der Waals surface area contributed by atoms with Crippen LogP contribution in [0, 0.1) is 12.8 Å². The second kappa shape index (κ2) is 7.53. The van der Waals surface area contributed by atoms with Gasteiger partial charge in [0.1, 0.15) is 5.75 Å². The van der Waals surface area contributed by atoms with Crippen molar-refractivity contribution in [1.29, 1.82) is 0 Å². The van der Waals surface area contributed by atoms with E-state index in [2.05, 4.69) is 4.72 Å². The Labute approximate surface area is 143 Å². The smallest absolute Gasteiger partial charge is 0.306 e. The molecule has 0 spiro atoms. The minimum absolute atomic E-state index is 0.0219. The van der Waals surface area contributed by atoms with Gasteiger partial charge < -0.3 is 9.84 Å². The molecule has 24 heavy (non-hydrogen) atoms. The SMILES string of the molecule is Cc1cc(S(=O)(=O)NC2CCC(C(=O)O)CC2)ccc1OC(C)C. The lowest BCUT2D eigenvalue weighted by Gasteiger charge is -2.26. The van der Waals surface area contributed by atoms with Crippen LogP contribution < -0.4 is 9.46 Å². The van der Waals surface area contributed by atoms with Crippen molar-refractivity contribution < 1.29 is 23.1 Å². The summed E-state index contributed by atoms with van der Waals surface area (Å²) in [5, 5.41) is 9.00. The first kappa shape index (κ1) is 18.7. The van der Waals surface area contributed by atoms with Crippen LogP contribution in [0.4, 0.5) is 0 Å². The third kappa shape index (κ3) is 4.70. The Kier molecular flexibility index (Phi) is 5.87. The number of carboxylic acid groups (broad SMARTS) is 1. The maximum absolute atomic E-state index is 12.5. The van der Waals surface area contributed by atoms with Gasteiger partial charge >= 0.3 is 5.97 Å². The number of aliphatic carboxylic acids is 1. The molecule has 1 aromatic carbocycles. The molecular weight excluding hydrogens is 330 g/mol. The summed E-state index contributed by atoms with van der Waals surface area (Å²) < 4.78 is 33.4. The van der Waals surface area contributed by atoms with Gasteiger partial charge in [-0.2, -0.15) is 0 Å². The molecule has 0 aromatic heterocycles. The van der Waals surface area contributed by atoms with E-state index in [9.17, 15) is 13.2 Å². The normalized spacial score (nSPS) is 21.7. The van der Waals surface area contributed by atoms with Crippen LogP contribution >= 0.6 is 0 Å². The number of carboxylic acids is 1. The summed E-state index contributed by atoms with van der Waals surface area (Å²) in [4.78, 5) is 11.2. The molecule has 7 heteroatoms. The topological polar surface area (TPSA) is 92.7 Å². The summed E-state index contributed by atoms with van der Waals surface area (Å²) in [5.41, 5.74) is 0.765. The predicted octanol–water partition coefficient (Wildman–Crippen LogP) is 2.70. The fourth-order valence-electron chi connectivity index (χ4n) is 2.92. The van der Waals surface area contributed by atoms with Gasteiger partial charge in [-0.3, -0.25) is 4.79 Å². The molecule has 1 fully saturated rings. The standard InChI is InChI=1S/C17H25NO5S/c1-11(2)23-16-9-8-15(10-12(16)3)24(21,22)18-14-6-4-13(5-7-14)17(19)20/h8-11,13-14,18H,4-7H2,1-3H3,(H,19,20). The van der Waals surface area contributed by atoms with Crippen LogP contribution in [0.2, 0.25) is 0 Å². The van der Waals surface area contributed by atoms with E-state index in [0.29, 0.717) is 31.4 Å². The number of rotatable bonds is 6. The Balaban J connectivity index is 2.05. The molecule has 0 amide bonds. The summed E-state index contributed by atoms with van der Waals surface area (Å²) in [6.45, 7) is 5.65. The summed E-state index contributed by atoms with van der Waals surface area (Å²) in [7, 11) is -3.62. The van der Waals surface area contributed by atoms with Crippen molar-refractivity contribution in [3.8, 4) is 5.75 Å². The van der Waals surface area contributed by atoms with Crippen molar-refractivity contribution in [2.75, 3.05) is 0 Å². The Morgan fingerprint density at radius 2 is 1.88 bits per heavy atom. The first-order valence-electron chi connectivity index (χ1n) is 8.21. The van der Waals surface area contributed by atoms with E-state index in [1.54, 1.807) is 12.1 Å². The molecule has 1 aromatic rings. The van der Waals surface area contributed by atoms with Crippen molar-refractivity contribution in [1.82, 2.24) is 4.72 Å². The Morgan fingerprint density at radius 3 is 2.38 bits per heavy atom. The van der Waals surface area contributed by atoms with E-state index in [-0.39, 0.29) is 23.0 Å². The van der Waals surface area contributed by atoms with E-state index in [0.717, 1.165) is 5.56 Å². The number of aryl methyl sites for hydroxylation is 1. The number of carbonyl (C=O) groups is 1. The number of sulfonamides is 1. The van der Waals surface area contributed by atoms with Crippen molar-refractivity contribution in [2.45, 2.75) is 63.5 Å². The third-order valence-corrected chi connectivity index (χ3v) is 5.74. The van der Waals surface area contributed by atoms with Gasteiger partial charge in [0, 0.05) is 6.04 Å². The lowest BCUT2D eigenvalue weighted by Crippen LogP contribution is -2.38. The van der Waals surface area contributed by atoms with E-state index in [1.165, 1.54) is 6.07 Å². The summed E-state index contributed by atoms with van der Waals surface area (Å²) in [5.74, 6) is -0.487. The predicted molar refractivity (Wildman–Crippen MR) is 90.6 cm³/mol. The van der Waals surface area contributed by atoms with Crippen molar-refractivity contribution >= 4 is 16.0 Å². The molecule has 2 rings (SSSR count). The maximum Gasteiger partial charge on any atom is 0.306 e. The monoisotopic (exact) mass is 355 g/mol. The highest BCUT2D eigenvalue weighted by atomic mass is 32.2. The van der Waals surface area contributed by atoms with E-state index in [4.69, 9.17) is 9.84 Å². The van der Waals surface area contributed by atoms with Crippen molar-refractivity contribution in [3.05, 3.63) is 23.8 Å². The van der Waals surface area contributed by atoms with Crippen LogP contribution in [0.15, 0.2) is 23.1 Å². The molecule has 0 atom stereocenters. The number of hydrogen-bond acceptors (Lipinski definition) is 4. The zero-order valence-corrected chi connectivity index (χ0v) is 15.1. The lowest BCUT2D eigenvalue weighted by molar-refractivity contribution is -0.142. The quantitative estimate of drug-likeness (QED) is 0.818. The number of benzene rings is 1. The van der Waals surface area contributed by atoms with E-state index < -0.39 is 16.0 Å². The van der Waals surface area contributed by atoms with Gasteiger partial charge in [0.05, 0.1) is 16.9 Å². The van der Waals surface area contributed by atoms with Crippen LogP contribution in [0.3, 0.4) is 0 Å². The number of hydrogen-bond donors (Lipinski definition) is 2. The number of nitrogens with one attached hydrogen (secondary N) is 1. The molecule has 0 bridgehead atoms. The van der Waals surface area contributed by atoms with Gasteiger partial charge in [-0.15, -0.1) is 0 Å². The Hall–Kier alpha value is -1.60. The fourth-order valence-corrected chi connectivity index (χ4v) is 4.31. The van der Waals surface area contributed by atoms with Gasteiger partial charge in [0.15, 0.2) is 0 Å². The van der Waals surface area contributed by atoms with Crippen molar-refractivity contribution in [2.24, 2.45) is 5.92 Å². The highest BCUT2D eigenvalue weighted by molar-refractivity contribution is 7.89. The first-order chi connectivity index (χ1) is 11.2. The van der Waals surface area contributed by atoms with E-state index >= 15 is 0 Å². The summed E-state index contributed by atoms with van der Waals surface area (Å²) in [6.07, 6.45) is 2.12. The van der Waals surface area contributed by atoms with Gasteiger partial charge in [-0.1, -0.05) is 0 Å². The molecule has 0 heterocycles. The lowest BCUT2D eigenvalue weighted by atomic mass is 9.87. The molecule has 1 aliphatic rings. The number of ether oxygens (including phenoxy) is 1. The molecule has 0 unspecified atom stereocenters. The van der Waals surface area contributed by atoms with Gasteiger partial charge in [-0.25, -0.2) is 13.1 Å². The molecule has 1 saturated carbocycles. The molecule has 0 aliphatic heterocycles. The van der Waals surface area contributed by atoms with Gasteiger partial charge in [0.2, 0.25) is 10.0 Å². The highest BCUT2D eigenvalue weighted by Gasteiger charge is 2.29. The second-order valence-corrected chi connectivity index (χ2v) is 8.32. The largest absolute Gasteiger partial charge is 0.491 e. The molecule has 134 valence electrons. The first-order valence-corrected chi connectivity index (χ1v) is 9.70. The van der Waals surface area contributed by atoms with Crippen LogP contribution in [0.5, 0.6) is 5.75 Å². The zero-order valence-electron chi connectivity index (χ0n) is 14.3. The zero-order chi connectivity index (χ0) is 17.9. The summed E-state index contributed by atoms with van der Waals surface area (Å²) in [6, 6.07) is 4.60. The molecule has 1 aliphatic carbocycles. The fraction of sp³-hybridized carbons (Fsp3) is 0.588.